The lowest BCUT2D eigenvalue weighted by Gasteiger charge is -2.23. The molecule has 0 saturated heterocycles. The molecule has 2 rings (SSSR count). The normalized spacial score (nSPS) is 16.9. The topological polar surface area (TPSA) is 58.6 Å². The van der Waals surface area contributed by atoms with Crippen molar-refractivity contribution in [3.63, 3.8) is 0 Å². The van der Waals surface area contributed by atoms with Gasteiger partial charge in [0.05, 0.1) is 0 Å². The first-order valence-electron chi connectivity index (χ1n) is 6.79. The standard InChI is InChI=1S/C15H20N2O3/c1-11(18)17-13-7-4-3-6-12(13)10-14(17)15(19)16-8-5-9-20-2/h3-4,6-7,14H,5,8-10H2,1-2H3,(H,16,19). The second kappa shape index (κ2) is 6.52. The number of para-hydroxylation sites is 1. The fourth-order valence-electron chi connectivity index (χ4n) is 2.53. The Kier molecular flexibility index (Phi) is 4.74. The van der Waals surface area contributed by atoms with Gasteiger partial charge in [-0.15, -0.1) is 0 Å². The number of hydrogen-bond donors (Lipinski definition) is 1. The number of methoxy groups -OCH3 is 1. The van der Waals surface area contributed by atoms with Crippen LogP contribution in [0.1, 0.15) is 18.9 Å². The number of hydrogen-bond acceptors (Lipinski definition) is 3. The monoisotopic (exact) mass is 276 g/mol. The van der Waals surface area contributed by atoms with Crippen molar-refractivity contribution in [2.24, 2.45) is 0 Å². The Morgan fingerprint density at radius 2 is 2.15 bits per heavy atom. The molecule has 5 nitrogen and oxygen atoms in total. The van der Waals surface area contributed by atoms with Crippen LogP contribution in [0.5, 0.6) is 0 Å². The number of nitrogens with zero attached hydrogens (tertiary/aromatic N) is 1. The maximum absolute atomic E-state index is 12.2. The molecule has 0 aromatic heterocycles. The summed E-state index contributed by atoms with van der Waals surface area (Å²) in [6.45, 7) is 2.67. The van der Waals surface area contributed by atoms with Crippen LogP contribution in [-0.2, 0) is 20.7 Å². The molecular weight excluding hydrogens is 256 g/mol. The van der Waals surface area contributed by atoms with Crippen molar-refractivity contribution in [1.82, 2.24) is 5.32 Å². The van der Waals surface area contributed by atoms with Crippen LogP contribution >= 0.6 is 0 Å². The molecule has 0 aliphatic carbocycles. The third-order valence-electron chi connectivity index (χ3n) is 3.44. The van der Waals surface area contributed by atoms with E-state index in [0.717, 1.165) is 17.7 Å². The molecule has 1 aliphatic heterocycles. The van der Waals surface area contributed by atoms with E-state index in [1.54, 1.807) is 12.0 Å². The van der Waals surface area contributed by atoms with Gasteiger partial charge in [0.2, 0.25) is 11.8 Å². The highest BCUT2D eigenvalue weighted by Gasteiger charge is 2.36. The number of anilines is 1. The molecule has 0 bridgehead atoms. The van der Waals surface area contributed by atoms with Gasteiger partial charge in [-0.2, -0.15) is 0 Å². The van der Waals surface area contributed by atoms with Crippen molar-refractivity contribution in [3.8, 4) is 0 Å². The van der Waals surface area contributed by atoms with Crippen LogP contribution in [0, 0.1) is 0 Å². The Morgan fingerprint density at radius 1 is 1.40 bits per heavy atom. The van der Waals surface area contributed by atoms with Crippen molar-refractivity contribution < 1.29 is 14.3 Å². The summed E-state index contributed by atoms with van der Waals surface area (Å²) in [6, 6.07) is 7.22. The molecule has 1 aromatic rings. The van der Waals surface area contributed by atoms with Gasteiger partial charge in [0.15, 0.2) is 0 Å². The smallest absolute Gasteiger partial charge is 0.243 e. The lowest BCUT2D eigenvalue weighted by Crippen LogP contribution is -2.47. The summed E-state index contributed by atoms with van der Waals surface area (Å²) in [4.78, 5) is 25.7. The van der Waals surface area contributed by atoms with Crippen LogP contribution in [-0.4, -0.2) is 38.1 Å². The summed E-state index contributed by atoms with van der Waals surface area (Å²) in [6.07, 6.45) is 1.34. The average Bonchev–Trinajstić information content (AvgIpc) is 2.83. The zero-order chi connectivity index (χ0) is 14.5. The van der Waals surface area contributed by atoms with E-state index in [-0.39, 0.29) is 11.8 Å². The summed E-state index contributed by atoms with van der Waals surface area (Å²) < 4.78 is 4.94. The third-order valence-corrected chi connectivity index (χ3v) is 3.44. The lowest BCUT2D eigenvalue weighted by molar-refractivity contribution is -0.125. The summed E-state index contributed by atoms with van der Waals surface area (Å²) in [7, 11) is 1.63. The second-order valence-electron chi connectivity index (χ2n) is 4.88. The van der Waals surface area contributed by atoms with Crippen LogP contribution in [0.15, 0.2) is 24.3 Å². The van der Waals surface area contributed by atoms with E-state index in [9.17, 15) is 9.59 Å². The molecule has 1 aliphatic rings. The number of fused-ring (bicyclic) bond motifs is 1. The SMILES string of the molecule is COCCCNC(=O)C1Cc2ccccc2N1C(C)=O. The first kappa shape index (κ1) is 14.5. The number of amides is 2. The fourth-order valence-corrected chi connectivity index (χ4v) is 2.53. The van der Waals surface area contributed by atoms with Gasteiger partial charge in [-0.3, -0.25) is 14.5 Å². The van der Waals surface area contributed by atoms with Crippen molar-refractivity contribution in [2.75, 3.05) is 25.2 Å². The Labute approximate surface area is 118 Å². The molecule has 1 aromatic carbocycles. The van der Waals surface area contributed by atoms with Gasteiger partial charge >= 0.3 is 0 Å². The quantitative estimate of drug-likeness (QED) is 0.820. The maximum Gasteiger partial charge on any atom is 0.243 e. The summed E-state index contributed by atoms with van der Waals surface area (Å²) in [5.41, 5.74) is 1.89. The van der Waals surface area contributed by atoms with Crippen molar-refractivity contribution in [1.29, 1.82) is 0 Å². The zero-order valence-corrected chi connectivity index (χ0v) is 11.9. The Bertz CT molecular complexity index is 502. The number of benzene rings is 1. The first-order valence-corrected chi connectivity index (χ1v) is 6.79. The van der Waals surface area contributed by atoms with E-state index in [1.807, 2.05) is 24.3 Å². The Morgan fingerprint density at radius 3 is 2.85 bits per heavy atom. The van der Waals surface area contributed by atoms with E-state index in [0.29, 0.717) is 19.6 Å². The molecule has 1 heterocycles. The van der Waals surface area contributed by atoms with Gasteiger partial charge in [0, 0.05) is 39.3 Å². The van der Waals surface area contributed by atoms with Crippen LogP contribution in [0.3, 0.4) is 0 Å². The number of nitrogens with one attached hydrogen (secondary N) is 1. The number of carbonyl (C=O) groups excluding carboxylic acids is 2. The number of rotatable bonds is 5. The molecule has 2 amide bonds. The largest absolute Gasteiger partial charge is 0.385 e. The highest BCUT2D eigenvalue weighted by Crippen LogP contribution is 2.32. The summed E-state index contributed by atoms with van der Waals surface area (Å²) in [5, 5.41) is 2.87. The molecule has 1 atom stereocenters. The third kappa shape index (κ3) is 2.99. The minimum Gasteiger partial charge on any atom is -0.385 e. The van der Waals surface area contributed by atoms with Crippen LogP contribution in [0.25, 0.3) is 0 Å². The minimum atomic E-state index is -0.438. The summed E-state index contributed by atoms with van der Waals surface area (Å²) >= 11 is 0. The van der Waals surface area contributed by atoms with E-state index < -0.39 is 6.04 Å². The molecular formula is C15H20N2O3. The maximum atomic E-state index is 12.2. The Balaban J connectivity index is 2.05. The fraction of sp³-hybridized carbons (Fsp3) is 0.467. The Hall–Kier alpha value is -1.88. The van der Waals surface area contributed by atoms with E-state index in [2.05, 4.69) is 5.32 Å². The zero-order valence-electron chi connectivity index (χ0n) is 11.9. The molecule has 5 heteroatoms. The summed E-state index contributed by atoms with van der Waals surface area (Å²) in [5.74, 6) is -0.209. The van der Waals surface area contributed by atoms with Gasteiger partial charge < -0.3 is 10.1 Å². The highest BCUT2D eigenvalue weighted by atomic mass is 16.5. The molecule has 0 radical (unpaired) electrons. The number of ether oxygens (including phenoxy) is 1. The molecule has 1 N–H and O–H groups in total. The van der Waals surface area contributed by atoms with Crippen molar-refractivity contribution in [3.05, 3.63) is 29.8 Å². The van der Waals surface area contributed by atoms with Crippen LogP contribution < -0.4 is 10.2 Å². The first-order chi connectivity index (χ1) is 9.65. The van der Waals surface area contributed by atoms with E-state index in [1.165, 1.54) is 6.92 Å². The van der Waals surface area contributed by atoms with Gasteiger partial charge in [-0.05, 0) is 18.1 Å². The molecule has 0 spiro atoms. The van der Waals surface area contributed by atoms with Crippen LogP contribution in [0.2, 0.25) is 0 Å². The molecule has 108 valence electrons. The van der Waals surface area contributed by atoms with Crippen molar-refractivity contribution >= 4 is 17.5 Å². The van der Waals surface area contributed by atoms with Gasteiger partial charge in [0.1, 0.15) is 6.04 Å². The molecule has 1 unspecified atom stereocenters. The second-order valence-corrected chi connectivity index (χ2v) is 4.88. The van der Waals surface area contributed by atoms with E-state index in [4.69, 9.17) is 4.74 Å². The van der Waals surface area contributed by atoms with Crippen molar-refractivity contribution in [2.45, 2.75) is 25.8 Å². The van der Waals surface area contributed by atoms with Gasteiger partial charge in [-0.25, -0.2) is 0 Å². The van der Waals surface area contributed by atoms with Crippen LogP contribution in [0.4, 0.5) is 5.69 Å². The average molecular weight is 276 g/mol. The van der Waals surface area contributed by atoms with Gasteiger partial charge in [0.25, 0.3) is 0 Å². The molecule has 0 saturated carbocycles. The molecule has 0 fully saturated rings. The minimum absolute atomic E-state index is 0.104. The molecule has 20 heavy (non-hydrogen) atoms. The van der Waals surface area contributed by atoms with E-state index >= 15 is 0 Å². The highest BCUT2D eigenvalue weighted by molar-refractivity contribution is 6.02. The lowest BCUT2D eigenvalue weighted by atomic mass is 10.1. The predicted molar refractivity (Wildman–Crippen MR) is 76.6 cm³/mol. The predicted octanol–water partition coefficient (Wildman–Crippen LogP) is 1.12. The number of carbonyl (C=O) groups is 2. The van der Waals surface area contributed by atoms with Gasteiger partial charge in [-0.1, -0.05) is 18.2 Å².